The molecule has 0 spiro atoms. The third kappa shape index (κ3) is 5.87. The molecule has 0 saturated heterocycles. The van der Waals surface area contributed by atoms with E-state index in [-0.39, 0.29) is 5.41 Å². The van der Waals surface area contributed by atoms with Gasteiger partial charge in [0, 0.05) is 38.9 Å². The Morgan fingerprint density at radius 2 is 0.780 bits per heavy atom. The molecule has 0 fully saturated rings. The molecule has 0 bridgehead atoms. The molecule has 0 aliphatic heterocycles. The summed E-state index contributed by atoms with van der Waals surface area (Å²) in [6.07, 6.45) is 0. The highest BCUT2D eigenvalue weighted by molar-refractivity contribution is 6.12. The second-order valence-electron chi connectivity index (χ2n) is 16.2. The van der Waals surface area contributed by atoms with E-state index in [0.717, 1.165) is 17.1 Å². The van der Waals surface area contributed by atoms with Gasteiger partial charge in [0.05, 0.1) is 11.0 Å². The van der Waals surface area contributed by atoms with Gasteiger partial charge in [-0.1, -0.05) is 159 Å². The van der Waals surface area contributed by atoms with Crippen LogP contribution < -0.4 is 4.90 Å². The minimum absolute atomic E-state index is 0.0766. The number of anilines is 3. The van der Waals surface area contributed by atoms with Crippen LogP contribution in [0.3, 0.4) is 0 Å². The van der Waals surface area contributed by atoms with E-state index < -0.39 is 0 Å². The van der Waals surface area contributed by atoms with Gasteiger partial charge >= 0.3 is 0 Å². The van der Waals surface area contributed by atoms with Gasteiger partial charge < -0.3 is 9.47 Å². The Morgan fingerprint density at radius 1 is 0.339 bits per heavy atom. The lowest BCUT2D eigenvalue weighted by atomic mass is 9.82. The second kappa shape index (κ2) is 13.9. The van der Waals surface area contributed by atoms with Gasteiger partial charge in [0.1, 0.15) is 0 Å². The van der Waals surface area contributed by atoms with Crippen molar-refractivity contribution in [3.8, 4) is 50.2 Å². The summed E-state index contributed by atoms with van der Waals surface area (Å²) in [6, 6.07) is 79.7. The average Bonchev–Trinajstić information content (AvgIpc) is 3.74. The van der Waals surface area contributed by atoms with Crippen molar-refractivity contribution in [2.24, 2.45) is 0 Å². The highest BCUT2D eigenvalue weighted by atomic mass is 15.1. The van der Waals surface area contributed by atoms with Crippen molar-refractivity contribution in [3.63, 3.8) is 0 Å². The summed E-state index contributed by atoms with van der Waals surface area (Å²) in [7, 11) is 0. The average molecular weight is 755 g/mol. The molecule has 280 valence electrons. The zero-order valence-corrected chi connectivity index (χ0v) is 33.2. The van der Waals surface area contributed by atoms with Crippen molar-refractivity contribution in [1.29, 1.82) is 0 Å². The van der Waals surface area contributed by atoms with Gasteiger partial charge in [0.2, 0.25) is 0 Å². The molecule has 1 aliphatic rings. The molecule has 0 radical (unpaired) electrons. The first-order chi connectivity index (χ1) is 29.0. The molecule has 10 aromatic rings. The quantitative estimate of drug-likeness (QED) is 0.157. The predicted octanol–water partition coefficient (Wildman–Crippen LogP) is 15.6. The summed E-state index contributed by atoms with van der Waals surface area (Å²) < 4.78 is 2.45. The first-order valence-corrected chi connectivity index (χ1v) is 20.5. The van der Waals surface area contributed by atoms with Crippen LogP contribution in [0, 0.1) is 0 Å². The van der Waals surface area contributed by atoms with E-state index in [1.54, 1.807) is 0 Å². The van der Waals surface area contributed by atoms with Crippen molar-refractivity contribution in [2.45, 2.75) is 19.3 Å². The van der Waals surface area contributed by atoms with Crippen LogP contribution in [0.25, 0.3) is 72.0 Å². The fraction of sp³-hybridized carbons (Fsp3) is 0.0526. The van der Waals surface area contributed by atoms with Gasteiger partial charge in [-0.15, -0.1) is 0 Å². The van der Waals surface area contributed by atoms with Crippen LogP contribution in [0.1, 0.15) is 25.0 Å². The summed E-state index contributed by atoms with van der Waals surface area (Å²) >= 11 is 0. The summed E-state index contributed by atoms with van der Waals surface area (Å²) in [5.41, 5.74) is 19.5. The van der Waals surface area contributed by atoms with Gasteiger partial charge in [0.15, 0.2) is 0 Å². The molecule has 0 amide bonds. The summed E-state index contributed by atoms with van der Waals surface area (Å²) in [5, 5.41) is 2.53. The Kier molecular flexibility index (Phi) is 8.20. The van der Waals surface area contributed by atoms with Crippen LogP contribution in [0.15, 0.2) is 218 Å². The van der Waals surface area contributed by atoms with E-state index >= 15 is 0 Å². The number of fused-ring (bicyclic) bond motifs is 6. The number of hydrogen-bond acceptors (Lipinski definition) is 1. The van der Waals surface area contributed by atoms with Crippen molar-refractivity contribution in [3.05, 3.63) is 230 Å². The lowest BCUT2D eigenvalue weighted by molar-refractivity contribution is 0.661. The van der Waals surface area contributed by atoms with Crippen molar-refractivity contribution in [1.82, 2.24) is 4.57 Å². The lowest BCUT2D eigenvalue weighted by Gasteiger charge is -2.26. The fourth-order valence-corrected chi connectivity index (χ4v) is 9.37. The maximum atomic E-state index is 2.46. The van der Waals surface area contributed by atoms with E-state index in [1.165, 1.54) is 83.1 Å². The normalized spacial score (nSPS) is 12.7. The number of aromatic nitrogens is 1. The van der Waals surface area contributed by atoms with E-state index in [9.17, 15) is 0 Å². The zero-order chi connectivity index (χ0) is 39.5. The van der Waals surface area contributed by atoms with Crippen molar-refractivity contribution < 1.29 is 0 Å². The Bertz CT molecular complexity index is 3040. The predicted molar refractivity (Wildman–Crippen MR) is 249 cm³/mol. The van der Waals surface area contributed by atoms with E-state index in [4.69, 9.17) is 0 Å². The highest BCUT2D eigenvalue weighted by Crippen LogP contribution is 2.51. The van der Waals surface area contributed by atoms with E-state index in [2.05, 4.69) is 242 Å². The summed E-state index contributed by atoms with van der Waals surface area (Å²) in [6.45, 7) is 4.73. The zero-order valence-electron chi connectivity index (χ0n) is 33.2. The topological polar surface area (TPSA) is 8.17 Å². The molecule has 2 nitrogen and oxygen atoms in total. The summed E-state index contributed by atoms with van der Waals surface area (Å²) in [5.74, 6) is 0. The Morgan fingerprint density at radius 3 is 1.34 bits per heavy atom. The van der Waals surface area contributed by atoms with Gasteiger partial charge in [-0.05, 0) is 128 Å². The molecule has 0 saturated carbocycles. The number of rotatable bonds is 7. The van der Waals surface area contributed by atoms with Gasteiger partial charge in [0.25, 0.3) is 0 Å². The van der Waals surface area contributed by atoms with Crippen LogP contribution in [-0.2, 0) is 5.41 Å². The molecule has 1 aromatic heterocycles. The van der Waals surface area contributed by atoms with Crippen molar-refractivity contribution in [2.75, 3.05) is 4.90 Å². The maximum absolute atomic E-state index is 2.46. The molecule has 59 heavy (non-hydrogen) atoms. The first kappa shape index (κ1) is 34.8. The first-order valence-electron chi connectivity index (χ1n) is 20.5. The Balaban J connectivity index is 1.01. The molecule has 0 N–H and O–H groups in total. The van der Waals surface area contributed by atoms with Gasteiger partial charge in [-0.2, -0.15) is 0 Å². The monoisotopic (exact) mass is 754 g/mol. The Labute approximate surface area is 345 Å². The molecule has 2 heteroatoms. The summed E-state index contributed by atoms with van der Waals surface area (Å²) in [4.78, 5) is 2.35. The molecule has 0 unspecified atom stereocenters. The number of nitrogens with zero attached hydrogens (tertiary/aromatic N) is 2. The van der Waals surface area contributed by atoms with Crippen molar-refractivity contribution >= 4 is 38.9 Å². The molecule has 0 atom stereocenters. The van der Waals surface area contributed by atoms with Crippen LogP contribution in [0.2, 0.25) is 0 Å². The SMILES string of the molecule is CC1(C)c2ccccc2-c2cc3c4cc(-c5ccc(N(c6ccc(-c7ccccc7)cc6)c6ccc(-c7ccccc7)cc6)cc5)ccc4n(-c4ccccc4)c3cc21. The van der Waals surface area contributed by atoms with Crippen LogP contribution in [0.4, 0.5) is 17.1 Å². The van der Waals surface area contributed by atoms with Gasteiger partial charge in [-0.3, -0.25) is 0 Å². The maximum Gasteiger partial charge on any atom is 0.0544 e. The third-order valence-electron chi connectivity index (χ3n) is 12.4. The highest BCUT2D eigenvalue weighted by Gasteiger charge is 2.36. The van der Waals surface area contributed by atoms with E-state index in [1.807, 2.05) is 0 Å². The molecular formula is C57H42N2. The molecule has 1 heterocycles. The lowest BCUT2D eigenvalue weighted by Crippen LogP contribution is -2.14. The third-order valence-corrected chi connectivity index (χ3v) is 12.4. The van der Waals surface area contributed by atoms with Crippen LogP contribution in [-0.4, -0.2) is 4.57 Å². The molecule has 9 aromatic carbocycles. The number of benzene rings is 9. The Hall–Kier alpha value is -7.42. The standard InChI is InChI=1S/C57H42N2/c1-57(2)53-21-13-12-20-49(53)50-37-52-51-36-44(28-35-55(51)59(56(52)38-54(50)57)45-18-10-5-11-19-45)43-26-33-48(34-27-43)58(46-29-22-41(23-30-46)39-14-6-3-7-15-39)47-31-24-42(25-32-47)40-16-8-4-9-17-40/h3-38H,1-2H3. The minimum atomic E-state index is -0.0766. The molecular weight excluding hydrogens is 713 g/mol. The minimum Gasteiger partial charge on any atom is -0.311 e. The molecule has 1 aliphatic carbocycles. The largest absolute Gasteiger partial charge is 0.311 e. The van der Waals surface area contributed by atoms with Crippen LogP contribution in [0.5, 0.6) is 0 Å². The van der Waals surface area contributed by atoms with E-state index in [0.29, 0.717) is 0 Å². The second-order valence-corrected chi connectivity index (χ2v) is 16.2. The fourth-order valence-electron chi connectivity index (χ4n) is 9.37. The molecule has 11 rings (SSSR count). The smallest absolute Gasteiger partial charge is 0.0544 e. The number of para-hydroxylation sites is 1. The van der Waals surface area contributed by atoms with Crippen LogP contribution >= 0.6 is 0 Å². The van der Waals surface area contributed by atoms with Gasteiger partial charge in [-0.25, -0.2) is 0 Å². The number of hydrogen-bond donors (Lipinski definition) is 0.